The van der Waals surface area contributed by atoms with Gasteiger partial charge in [-0.3, -0.25) is 4.79 Å². The summed E-state index contributed by atoms with van der Waals surface area (Å²) < 4.78 is 0. The standard InChI is InChI=1S/C24H43NO/c1-2-3-4-5-6-7-8-9-10-11-12-13-14-18-21-24(26)25-22-23-19-16-15-17-20-23/h16,19-20H,2-15,17-18,21-22H2,1H3,(H,25,26). The van der Waals surface area contributed by atoms with Crippen molar-refractivity contribution in [1.29, 1.82) is 0 Å². The second kappa shape index (κ2) is 17.4. The van der Waals surface area contributed by atoms with Crippen LogP contribution >= 0.6 is 0 Å². The van der Waals surface area contributed by atoms with E-state index in [2.05, 4.69) is 30.5 Å². The van der Waals surface area contributed by atoms with Crippen molar-refractivity contribution in [2.75, 3.05) is 6.54 Å². The van der Waals surface area contributed by atoms with Crippen molar-refractivity contribution in [3.8, 4) is 0 Å². The van der Waals surface area contributed by atoms with Gasteiger partial charge in [-0.05, 0) is 24.8 Å². The van der Waals surface area contributed by atoms with Gasteiger partial charge in [0.25, 0.3) is 0 Å². The van der Waals surface area contributed by atoms with Crippen LogP contribution in [0.2, 0.25) is 0 Å². The van der Waals surface area contributed by atoms with Gasteiger partial charge in [-0.15, -0.1) is 0 Å². The zero-order chi connectivity index (χ0) is 18.7. The largest absolute Gasteiger partial charge is 0.352 e. The Morgan fingerprint density at radius 2 is 1.35 bits per heavy atom. The van der Waals surface area contributed by atoms with E-state index < -0.39 is 0 Å². The molecule has 0 aromatic carbocycles. The van der Waals surface area contributed by atoms with Crippen LogP contribution < -0.4 is 5.32 Å². The molecule has 0 heterocycles. The summed E-state index contributed by atoms with van der Waals surface area (Å²) in [7, 11) is 0. The van der Waals surface area contributed by atoms with Crippen molar-refractivity contribution < 1.29 is 4.79 Å². The number of carbonyl (C=O) groups excluding carboxylic acids is 1. The molecule has 0 aromatic rings. The summed E-state index contributed by atoms with van der Waals surface area (Å²) >= 11 is 0. The molecule has 0 spiro atoms. The minimum atomic E-state index is 0.212. The van der Waals surface area contributed by atoms with Crippen LogP contribution in [0.4, 0.5) is 0 Å². The number of allylic oxidation sites excluding steroid dienone is 2. The van der Waals surface area contributed by atoms with Crippen LogP contribution in [0.25, 0.3) is 0 Å². The number of carbonyl (C=O) groups is 1. The van der Waals surface area contributed by atoms with Crippen LogP contribution in [-0.4, -0.2) is 12.5 Å². The molecule has 0 saturated heterocycles. The molecule has 0 unspecified atom stereocenters. The van der Waals surface area contributed by atoms with Gasteiger partial charge in [-0.25, -0.2) is 0 Å². The maximum Gasteiger partial charge on any atom is 0.220 e. The van der Waals surface area contributed by atoms with Crippen LogP contribution in [0, 0.1) is 0 Å². The molecule has 1 amide bonds. The maximum absolute atomic E-state index is 11.8. The van der Waals surface area contributed by atoms with Gasteiger partial charge in [0.1, 0.15) is 0 Å². The first-order chi connectivity index (χ1) is 12.8. The van der Waals surface area contributed by atoms with E-state index in [0.29, 0.717) is 13.0 Å². The highest BCUT2D eigenvalue weighted by Gasteiger charge is 2.03. The van der Waals surface area contributed by atoms with Crippen molar-refractivity contribution >= 4 is 5.91 Å². The van der Waals surface area contributed by atoms with E-state index >= 15 is 0 Å². The van der Waals surface area contributed by atoms with Crippen molar-refractivity contribution in [2.45, 2.75) is 116 Å². The number of hydrogen-bond acceptors (Lipinski definition) is 1. The van der Waals surface area contributed by atoms with E-state index in [9.17, 15) is 4.79 Å². The Morgan fingerprint density at radius 3 is 1.85 bits per heavy atom. The molecule has 150 valence electrons. The van der Waals surface area contributed by atoms with E-state index in [1.54, 1.807) is 0 Å². The van der Waals surface area contributed by atoms with Crippen LogP contribution in [0.3, 0.4) is 0 Å². The summed E-state index contributed by atoms with van der Waals surface area (Å²) in [4.78, 5) is 11.8. The molecule has 1 aliphatic rings. The lowest BCUT2D eigenvalue weighted by molar-refractivity contribution is -0.121. The van der Waals surface area contributed by atoms with Gasteiger partial charge < -0.3 is 5.32 Å². The summed E-state index contributed by atoms with van der Waals surface area (Å²) in [6, 6.07) is 0. The SMILES string of the molecule is CCCCCCCCCCCCCCCCC(=O)NCC1=CCCC=C1. The quantitative estimate of drug-likeness (QED) is 0.272. The number of nitrogens with one attached hydrogen (secondary N) is 1. The predicted molar refractivity (Wildman–Crippen MR) is 114 cm³/mol. The van der Waals surface area contributed by atoms with Gasteiger partial charge in [0.05, 0.1) is 0 Å². The Balaban J connectivity index is 1.77. The predicted octanol–water partition coefficient (Wildman–Crippen LogP) is 7.25. The fourth-order valence-corrected chi connectivity index (χ4v) is 3.57. The van der Waals surface area contributed by atoms with E-state index in [1.807, 2.05) is 0 Å². The highest BCUT2D eigenvalue weighted by Crippen LogP contribution is 2.13. The summed E-state index contributed by atoms with van der Waals surface area (Å²) in [5.74, 6) is 0.212. The summed E-state index contributed by atoms with van der Waals surface area (Å²) in [5.41, 5.74) is 1.26. The lowest BCUT2D eigenvalue weighted by Crippen LogP contribution is -2.25. The molecular formula is C24H43NO. The van der Waals surface area contributed by atoms with Crippen LogP contribution in [0.1, 0.15) is 116 Å². The van der Waals surface area contributed by atoms with E-state index in [4.69, 9.17) is 0 Å². The smallest absolute Gasteiger partial charge is 0.220 e. The first-order valence-electron chi connectivity index (χ1n) is 11.4. The second-order valence-electron chi connectivity index (χ2n) is 7.88. The molecule has 1 N–H and O–H groups in total. The molecule has 1 rings (SSSR count). The molecule has 0 saturated carbocycles. The highest BCUT2D eigenvalue weighted by molar-refractivity contribution is 5.76. The van der Waals surface area contributed by atoms with Gasteiger partial charge in [-0.2, -0.15) is 0 Å². The monoisotopic (exact) mass is 361 g/mol. The van der Waals surface area contributed by atoms with Crippen LogP contribution in [0.5, 0.6) is 0 Å². The maximum atomic E-state index is 11.8. The van der Waals surface area contributed by atoms with Crippen LogP contribution in [-0.2, 0) is 4.79 Å². The molecule has 0 aromatic heterocycles. The van der Waals surface area contributed by atoms with Gasteiger partial charge in [0.2, 0.25) is 5.91 Å². The van der Waals surface area contributed by atoms with E-state index in [0.717, 1.165) is 19.3 Å². The molecule has 0 bridgehead atoms. The van der Waals surface area contributed by atoms with Gasteiger partial charge in [-0.1, -0.05) is 109 Å². The fraction of sp³-hybridized carbons (Fsp3) is 0.792. The lowest BCUT2D eigenvalue weighted by Gasteiger charge is -2.08. The average Bonchev–Trinajstić information content (AvgIpc) is 2.67. The van der Waals surface area contributed by atoms with E-state index in [-0.39, 0.29) is 5.91 Å². The normalized spacial score (nSPS) is 13.7. The van der Waals surface area contributed by atoms with Gasteiger partial charge in [0.15, 0.2) is 0 Å². The first kappa shape index (κ1) is 23.0. The minimum Gasteiger partial charge on any atom is -0.352 e. The Bertz CT molecular complexity index is 397. The minimum absolute atomic E-state index is 0.212. The number of rotatable bonds is 17. The molecular weight excluding hydrogens is 318 g/mol. The van der Waals surface area contributed by atoms with Crippen molar-refractivity contribution in [1.82, 2.24) is 5.32 Å². The molecule has 0 fully saturated rings. The summed E-state index contributed by atoms with van der Waals surface area (Å²) in [6.07, 6.45) is 28.5. The molecule has 26 heavy (non-hydrogen) atoms. The Hall–Kier alpha value is -1.05. The molecule has 2 nitrogen and oxygen atoms in total. The molecule has 0 aliphatic heterocycles. The Morgan fingerprint density at radius 1 is 0.808 bits per heavy atom. The highest BCUT2D eigenvalue weighted by atomic mass is 16.1. The van der Waals surface area contributed by atoms with Crippen LogP contribution in [0.15, 0.2) is 23.8 Å². The summed E-state index contributed by atoms with van der Waals surface area (Å²) in [5, 5.41) is 3.04. The zero-order valence-electron chi connectivity index (χ0n) is 17.4. The second-order valence-corrected chi connectivity index (χ2v) is 7.88. The zero-order valence-corrected chi connectivity index (χ0v) is 17.4. The Kier molecular flexibility index (Phi) is 15.4. The third-order valence-corrected chi connectivity index (χ3v) is 5.32. The third kappa shape index (κ3) is 14.2. The van der Waals surface area contributed by atoms with Crippen molar-refractivity contribution in [3.63, 3.8) is 0 Å². The van der Waals surface area contributed by atoms with E-state index in [1.165, 1.54) is 89.0 Å². The fourth-order valence-electron chi connectivity index (χ4n) is 3.57. The summed E-state index contributed by atoms with van der Waals surface area (Å²) in [6.45, 7) is 2.98. The third-order valence-electron chi connectivity index (χ3n) is 5.32. The Labute approximate surface area is 162 Å². The average molecular weight is 362 g/mol. The van der Waals surface area contributed by atoms with Gasteiger partial charge in [0, 0.05) is 13.0 Å². The van der Waals surface area contributed by atoms with Crippen molar-refractivity contribution in [2.24, 2.45) is 0 Å². The molecule has 0 radical (unpaired) electrons. The first-order valence-corrected chi connectivity index (χ1v) is 11.4. The van der Waals surface area contributed by atoms with Gasteiger partial charge >= 0.3 is 0 Å². The molecule has 0 atom stereocenters. The topological polar surface area (TPSA) is 29.1 Å². The lowest BCUT2D eigenvalue weighted by atomic mass is 10.0. The molecule has 2 heteroatoms. The molecule has 1 aliphatic carbocycles. The number of amides is 1. The van der Waals surface area contributed by atoms with Crippen molar-refractivity contribution in [3.05, 3.63) is 23.8 Å². The number of unbranched alkanes of at least 4 members (excludes halogenated alkanes) is 13. The number of hydrogen-bond donors (Lipinski definition) is 1.